The maximum Gasteiger partial charge on any atom is 0.100 e. The van der Waals surface area contributed by atoms with Crippen LogP contribution in [0.25, 0.3) is 0 Å². The number of ether oxygens (including phenoxy) is 1. The summed E-state index contributed by atoms with van der Waals surface area (Å²) >= 11 is 0. The Balaban J connectivity index is 1.54. The van der Waals surface area contributed by atoms with Crippen molar-refractivity contribution in [3.05, 3.63) is 41.0 Å². The van der Waals surface area contributed by atoms with Crippen LogP contribution in [0.1, 0.15) is 41.5 Å². The van der Waals surface area contributed by atoms with Crippen molar-refractivity contribution in [1.82, 2.24) is 24.9 Å². The third-order valence-electron chi connectivity index (χ3n) is 4.91. The van der Waals surface area contributed by atoms with Gasteiger partial charge in [-0.1, -0.05) is 11.3 Å². The van der Waals surface area contributed by atoms with Gasteiger partial charge in [-0.25, -0.2) is 4.68 Å². The molecule has 0 unspecified atom stereocenters. The lowest BCUT2D eigenvalue weighted by Gasteiger charge is -2.32. The van der Waals surface area contributed by atoms with Crippen LogP contribution in [-0.4, -0.2) is 45.1 Å². The number of rotatable bonds is 6. The fourth-order valence-electron chi connectivity index (χ4n) is 3.64. The summed E-state index contributed by atoms with van der Waals surface area (Å²) in [5, 5.41) is 8.91. The Labute approximate surface area is 142 Å². The summed E-state index contributed by atoms with van der Waals surface area (Å²) in [7, 11) is 1.77. The number of nitrogens with zero attached hydrogens (tertiary/aromatic N) is 5. The molecule has 3 heterocycles. The maximum atomic E-state index is 5.49. The molecule has 128 valence electrons. The zero-order valence-corrected chi connectivity index (χ0v) is 14.5. The number of methoxy groups -OCH3 is 1. The predicted molar refractivity (Wildman–Crippen MR) is 90.5 cm³/mol. The van der Waals surface area contributed by atoms with E-state index in [0.29, 0.717) is 12.5 Å². The molecule has 1 aliphatic carbocycles. The quantitative estimate of drug-likeness (QED) is 0.813. The molecule has 2 aromatic rings. The number of aromatic nitrogens is 4. The van der Waals surface area contributed by atoms with Crippen LogP contribution in [0.3, 0.4) is 0 Å². The number of aryl methyl sites for hydroxylation is 1. The minimum Gasteiger partial charge on any atom is -0.384 e. The molecule has 2 aliphatic rings. The van der Waals surface area contributed by atoms with Gasteiger partial charge in [0.25, 0.3) is 0 Å². The lowest BCUT2D eigenvalue weighted by atomic mass is 9.98. The van der Waals surface area contributed by atoms with Gasteiger partial charge in [0, 0.05) is 44.9 Å². The highest BCUT2D eigenvalue weighted by molar-refractivity contribution is 5.21. The van der Waals surface area contributed by atoms with Crippen LogP contribution in [0.5, 0.6) is 0 Å². The predicted octanol–water partition coefficient (Wildman–Crippen LogP) is 2.14. The second-order valence-electron chi connectivity index (χ2n) is 7.14. The maximum absolute atomic E-state index is 5.49. The molecule has 0 amide bonds. The van der Waals surface area contributed by atoms with Gasteiger partial charge < -0.3 is 4.74 Å². The van der Waals surface area contributed by atoms with E-state index in [-0.39, 0.29) is 0 Å². The smallest absolute Gasteiger partial charge is 0.100 e. The number of hydrogen-bond acceptors (Lipinski definition) is 5. The highest BCUT2D eigenvalue weighted by atomic mass is 16.5. The summed E-state index contributed by atoms with van der Waals surface area (Å²) in [5.74, 6) is 1.13. The normalized spacial score (nSPS) is 21.0. The molecule has 4 rings (SSSR count). The van der Waals surface area contributed by atoms with E-state index in [4.69, 9.17) is 4.74 Å². The highest BCUT2D eigenvalue weighted by Gasteiger charge is 2.33. The van der Waals surface area contributed by atoms with Gasteiger partial charge in [-0.15, -0.1) is 5.10 Å². The van der Waals surface area contributed by atoms with E-state index in [1.165, 1.54) is 18.5 Å². The summed E-state index contributed by atoms with van der Waals surface area (Å²) in [6, 6.07) is 6.21. The van der Waals surface area contributed by atoms with Crippen LogP contribution < -0.4 is 0 Å². The van der Waals surface area contributed by atoms with Gasteiger partial charge in [-0.05, 0) is 37.8 Å². The van der Waals surface area contributed by atoms with Gasteiger partial charge in [0.2, 0.25) is 0 Å². The molecule has 2 aromatic heterocycles. The van der Waals surface area contributed by atoms with Gasteiger partial charge in [-0.2, -0.15) is 0 Å². The van der Waals surface area contributed by atoms with Crippen molar-refractivity contribution < 1.29 is 4.74 Å². The Bertz CT molecular complexity index is 709. The fraction of sp³-hybridized carbons (Fsp3) is 0.611. The van der Waals surface area contributed by atoms with Crippen molar-refractivity contribution in [2.75, 3.05) is 20.3 Å². The SMILES string of the molecule is COC[C@@H]1CN(Cc2cccc(C)n2)Cc2nnn(CC3CC3)c21. The third kappa shape index (κ3) is 3.35. The molecule has 6 heteroatoms. The first kappa shape index (κ1) is 15.7. The Morgan fingerprint density at radius 3 is 2.92 bits per heavy atom. The van der Waals surface area contributed by atoms with Gasteiger partial charge >= 0.3 is 0 Å². The van der Waals surface area contributed by atoms with Crippen molar-refractivity contribution in [3.8, 4) is 0 Å². The third-order valence-corrected chi connectivity index (χ3v) is 4.91. The molecule has 0 radical (unpaired) electrons. The van der Waals surface area contributed by atoms with Crippen molar-refractivity contribution in [1.29, 1.82) is 0 Å². The number of hydrogen-bond donors (Lipinski definition) is 0. The first-order chi connectivity index (χ1) is 11.7. The highest BCUT2D eigenvalue weighted by Crippen LogP contribution is 2.34. The number of fused-ring (bicyclic) bond motifs is 1. The van der Waals surface area contributed by atoms with E-state index in [2.05, 4.69) is 37.0 Å². The second kappa shape index (κ2) is 6.61. The monoisotopic (exact) mass is 327 g/mol. The largest absolute Gasteiger partial charge is 0.384 e. The van der Waals surface area contributed by atoms with E-state index < -0.39 is 0 Å². The Hall–Kier alpha value is -1.79. The van der Waals surface area contributed by atoms with E-state index in [0.717, 1.165) is 49.2 Å². The molecule has 0 spiro atoms. The Morgan fingerprint density at radius 1 is 1.29 bits per heavy atom. The molecule has 1 saturated carbocycles. The Morgan fingerprint density at radius 2 is 2.17 bits per heavy atom. The van der Waals surface area contributed by atoms with Gasteiger partial charge in [0.05, 0.1) is 18.0 Å². The van der Waals surface area contributed by atoms with Crippen molar-refractivity contribution in [2.45, 2.75) is 45.3 Å². The molecule has 24 heavy (non-hydrogen) atoms. The van der Waals surface area contributed by atoms with E-state index in [9.17, 15) is 0 Å². The standard InChI is InChI=1S/C18H25N5O/c1-13-4-3-5-16(19-13)10-22-9-15(12-24-2)18-17(11-22)20-21-23(18)8-14-6-7-14/h3-5,14-15H,6-12H2,1-2H3/t15-/m0/s1. The van der Waals surface area contributed by atoms with Crippen LogP contribution >= 0.6 is 0 Å². The van der Waals surface area contributed by atoms with Crippen LogP contribution in [-0.2, 0) is 24.4 Å². The summed E-state index contributed by atoms with van der Waals surface area (Å²) in [6.07, 6.45) is 2.66. The number of pyridine rings is 1. The Kier molecular flexibility index (Phi) is 4.33. The average molecular weight is 327 g/mol. The minimum absolute atomic E-state index is 0.331. The van der Waals surface area contributed by atoms with Crippen LogP contribution in [0.15, 0.2) is 18.2 Å². The molecule has 1 atom stereocenters. The van der Waals surface area contributed by atoms with E-state index >= 15 is 0 Å². The van der Waals surface area contributed by atoms with Gasteiger partial charge in [0.1, 0.15) is 5.69 Å². The molecule has 0 N–H and O–H groups in total. The van der Waals surface area contributed by atoms with Crippen LogP contribution in [0.2, 0.25) is 0 Å². The molecule has 0 bridgehead atoms. The molecule has 0 saturated heterocycles. The molecular weight excluding hydrogens is 302 g/mol. The van der Waals surface area contributed by atoms with Crippen molar-refractivity contribution >= 4 is 0 Å². The van der Waals surface area contributed by atoms with E-state index in [1.54, 1.807) is 7.11 Å². The summed E-state index contributed by atoms with van der Waals surface area (Å²) < 4.78 is 7.63. The summed E-state index contributed by atoms with van der Waals surface area (Å²) in [4.78, 5) is 7.04. The van der Waals surface area contributed by atoms with Crippen LogP contribution in [0.4, 0.5) is 0 Å². The summed E-state index contributed by atoms with van der Waals surface area (Å²) in [6.45, 7) is 6.42. The zero-order chi connectivity index (χ0) is 16.5. The first-order valence-electron chi connectivity index (χ1n) is 8.79. The lowest BCUT2D eigenvalue weighted by Crippen LogP contribution is -2.36. The molecule has 6 nitrogen and oxygen atoms in total. The van der Waals surface area contributed by atoms with Crippen molar-refractivity contribution in [2.24, 2.45) is 5.92 Å². The van der Waals surface area contributed by atoms with E-state index in [1.807, 2.05) is 13.0 Å². The lowest BCUT2D eigenvalue weighted by molar-refractivity contribution is 0.130. The zero-order valence-electron chi connectivity index (χ0n) is 14.5. The van der Waals surface area contributed by atoms with Gasteiger partial charge in [0.15, 0.2) is 0 Å². The van der Waals surface area contributed by atoms with Crippen molar-refractivity contribution in [3.63, 3.8) is 0 Å². The fourth-order valence-corrected chi connectivity index (χ4v) is 3.64. The molecular formula is C18H25N5O. The molecule has 1 aliphatic heterocycles. The molecule has 1 fully saturated rings. The first-order valence-corrected chi connectivity index (χ1v) is 8.79. The summed E-state index contributed by atoms with van der Waals surface area (Å²) in [5.41, 5.74) is 4.57. The molecule has 0 aromatic carbocycles. The average Bonchev–Trinajstić information content (AvgIpc) is 3.27. The second-order valence-corrected chi connectivity index (χ2v) is 7.14. The van der Waals surface area contributed by atoms with Crippen LogP contribution in [0, 0.1) is 12.8 Å². The minimum atomic E-state index is 0.331. The topological polar surface area (TPSA) is 56.1 Å². The van der Waals surface area contributed by atoms with Gasteiger partial charge in [-0.3, -0.25) is 9.88 Å².